The van der Waals surface area contributed by atoms with Crippen molar-refractivity contribution in [2.24, 2.45) is 0 Å². The van der Waals surface area contributed by atoms with Crippen LogP contribution in [0.3, 0.4) is 0 Å². The standard InChI is InChI=1S/C25H28N6O/c1-18-6-7-22-21(14-18)24(19-8-10-26-11-9-19)25(29-22)20-4-2-12-30(15-20)23(32)5-3-13-31-17-27-16-28-31/h6-11,14,16-17,20,29H,2-5,12-13,15H2,1H3. The van der Waals surface area contributed by atoms with Crippen molar-refractivity contribution in [1.82, 2.24) is 29.6 Å². The minimum atomic E-state index is 0.229. The number of fused-ring (bicyclic) bond motifs is 1. The van der Waals surface area contributed by atoms with Crippen molar-refractivity contribution in [2.45, 2.75) is 45.1 Å². The molecule has 0 radical (unpaired) electrons. The summed E-state index contributed by atoms with van der Waals surface area (Å²) in [6, 6.07) is 10.7. The lowest BCUT2D eigenvalue weighted by atomic mass is 9.89. The van der Waals surface area contributed by atoms with E-state index in [1.807, 2.05) is 17.3 Å². The first-order valence-electron chi connectivity index (χ1n) is 11.3. The minimum Gasteiger partial charge on any atom is -0.358 e. The summed E-state index contributed by atoms with van der Waals surface area (Å²) in [5, 5.41) is 5.35. The Bertz CT molecular complexity index is 1200. The first-order chi connectivity index (χ1) is 15.7. The molecule has 1 aliphatic heterocycles. The second-order valence-electron chi connectivity index (χ2n) is 8.64. The number of H-pyrrole nitrogens is 1. The highest BCUT2D eigenvalue weighted by atomic mass is 16.2. The zero-order chi connectivity index (χ0) is 21.9. The number of aryl methyl sites for hydroxylation is 2. The van der Waals surface area contributed by atoms with Gasteiger partial charge in [-0.2, -0.15) is 5.10 Å². The number of nitrogens with zero attached hydrogens (tertiary/aromatic N) is 5. The van der Waals surface area contributed by atoms with Gasteiger partial charge in [-0.1, -0.05) is 11.6 Å². The molecule has 32 heavy (non-hydrogen) atoms. The number of piperidine rings is 1. The molecule has 7 nitrogen and oxygen atoms in total. The highest BCUT2D eigenvalue weighted by Gasteiger charge is 2.28. The lowest BCUT2D eigenvalue weighted by molar-refractivity contribution is -0.132. The Labute approximate surface area is 187 Å². The van der Waals surface area contributed by atoms with Gasteiger partial charge < -0.3 is 9.88 Å². The molecule has 4 heterocycles. The van der Waals surface area contributed by atoms with Crippen LogP contribution in [0.25, 0.3) is 22.0 Å². The van der Waals surface area contributed by atoms with Crippen molar-refractivity contribution >= 4 is 16.8 Å². The molecular formula is C25H28N6O. The molecule has 164 valence electrons. The van der Waals surface area contributed by atoms with E-state index in [1.54, 1.807) is 11.0 Å². The Hall–Kier alpha value is -3.48. The van der Waals surface area contributed by atoms with Crippen LogP contribution in [-0.2, 0) is 11.3 Å². The van der Waals surface area contributed by atoms with Gasteiger partial charge in [0.05, 0.1) is 0 Å². The number of amides is 1. The van der Waals surface area contributed by atoms with Crippen LogP contribution in [0, 0.1) is 6.92 Å². The number of nitrogens with one attached hydrogen (secondary N) is 1. The van der Waals surface area contributed by atoms with Crippen LogP contribution in [0.15, 0.2) is 55.4 Å². The molecule has 1 aromatic carbocycles. The van der Waals surface area contributed by atoms with Gasteiger partial charge in [-0.05, 0) is 56.0 Å². The van der Waals surface area contributed by atoms with E-state index in [4.69, 9.17) is 0 Å². The number of carbonyl (C=O) groups excluding carboxylic acids is 1. The number of hydrogen-bond acceptors (Lipinski definition) is 4. The maximum absolute atomic E-state index is 12.9. The van der Waals surface area contributed by atoms with E-state index in [9.17, 15) is 4.79 Å². The van der Waals surface area contributed by atoms with Crippen LogP contribution in [0.1, 0.15) is 42.9 Å². The number of likely N-dealkylation sites (tertiary alicyclic amines) is 1. The number of benzene rings is 1. The van der Waals surface area contributed by atoms with Gasteiger partial charge in [0.25, 0.3) is 0 Å². The molecule has 7 heteroatoms. The molecule has 0 spiro atoms. The Morgan fingerprint density at radius 2 is 2.06 bits per heavy atom. The van der Waals surface area contributed by atoms with Crippen LogP contribution in [0.5, 0.6) is 0 Å². The number of aromatic amines is 1. The molecule has 1 amide bonds. The molecular weight excluding hydrogens is 400 g/mol. The largest absolute Gasteiger partial charge is 0.358 e. The molecule has 1 fully saturated rings. The van der Waals surface area contributed by atoms with Crippen LogP contribution in [0.2, 0.25) is 0 Å². The Morgan fingerprint density at radius 3 is 2.88 bits per heavy atom. The first-order valence-corrected chi connectivity index (χ1v) is 11.3. The Balaban J connectivity index is 1.38. The van der Waals surface area contributed by atoms with Crippen LogP contribution < -0.4 is 0 Å². The van der Waals surface area contributed by atoms with E-state index in [2.05, 4.69) is 57.3 Å². The molecule has 0 bridgehead atoms. The van der Waals surface area contributed by atoms with E-state index in [0.717, 1.165) is 44.4 Å². The minimum absolute atomic E-state index is 0.229. The molecule has 0 aliphatic carbocycles. The average molecular weight is 429 g/mol. The lowest BCUT2D eigenvalue weighted by Gasteiger charge is -2.33. The SMILES string of the molecule is Cc1ccc2[nH]c(C3CCCN(C(=O)CCCn4cncn4)C3)c(-c3ccncc3)c2c1. The third-order valence-electron chi connectivity index (χ3n) is 6.38. The smallest absolute Gasteiger partial charge is 0.222 e. The van der Waals surface area contributed by atoms with E-state index in [-0.39, 0.29) is 5.91 Å². The molecule has 0 saturated carbocycles. The van der Waals surface area contributed by atoms with Crippen molar-refractivity contribution in [3.8, 4) is 11.1 Å². The van der Waals surface area contributed by atoms with Gasteiger partial charge >= 0.3 is 0 Å². The summed E-state index contributed by atoms with van der Waals surface area (Å²) in [4.78, 5) is 26.8. The van der Waals surface area contributed by atoms with Gasteiger partial charge in [-0.25, -0.2) is 4.98 Å². The third-order valence-corrected chi connectivity index (χ3v) is 6.38. The van der Waals surface area contributed by atoms with Crippen molar-refractivity contribution < 1.29 is 4.79 Å². The summed E-state index contributed by atoms with van der Waals surface area (Å²) in [7, 11) is 0. The lowest BCUT2D eigenvalue weighted by Crippen LogP contribution is -2.39. The summed E-state index contributed by atoms with van der Waals surface area (Å²) >= 11 is 0. The average Bonchev–Trinajstić information content (AvgIpc) is 3.47. The third kappa shape index (κ3) is 4.15. The predicted molar refractivity (Wildman–Crippen MR) is 124 cm³/mol. The molecule has 5 rings (SSSR count). The van der Waals surface area contributed by atoms with E-state index >= 15 is 0 Å². The normalized spacial score (nSPS) is 16.5. The summed E-state index contributed by atoms with van der Waals surface area (Å²) in [6.07, 6.45) is 10.3. The van der Waals surface area contributed by atoms with Crippen LogP contribution in [0.4, 0.5) is 0 Å². The molecule has 1 N–H and O–H groups in total. The van der Waals surface area contributed by atoms with Crippen molar-refractivity contribution in [1.29, 1.82) is 0 Å². The summed E-state index contributed by atoms with van der Waals surface area (Å²) < 4.78 is 1.78. The van der Waals surface area contributed by atoms with Gasteiger partial charge in [0, 0.05) is 66.5 Å². The van der Waals surface area contributed by atoms with Gasteiger partial charge in [-0.3, -0.25) is 14.5 Å². The second kappa shape index (κ2) is 8.94. The fourth-order valence-electron chi connectivity index (χ4n) is 4.80. The fraction of sp³-hybridized carbons (Fsp3) is 0.360. The number of aromatic nitrogens is 5. The zero-order valence-corrected chi connectivity index (χ0v) is 18.4. The van der Waals surface area contributed by atoms with Crippen molar-refractivity contribution in [3.63, 3.8) is 0 Å². The van der Waals surface area contributed by atoms with Gasteiger partial charge in [-0.15, -0.1) is 0 Å². The quantitative estimate of drug-likeness (QED) is 0.496. The van der Waals surface area contributed by atoms with Crippen molar-refractivity contribution in [3.05, 3.63) is 66.6 Å². The monoisotopic (exact) mass is 428 g/mol. The molecule has 1 saturated heterocycles. The predicted octanol–water partition coefficient (Wildman–Crippen LogP) is 4.32. The van der Waals surface area contributed by atoms with Crippen molar-refractivity contribution in [2.75, 3.05) is 13.1 Å². The zero-order valence-electron chi connectivity index (χ0n) is 18.4. The van der Waals surface area contributed by atoms with Crippen LogP contribution in [-0.4, -0.2) is 48.6 Å². The van der Waals surface area contributed by atoms with E-state index in [0.29, 0.717) is 12.3 Å². The van der Waals surface area contributed by atoms with Gasteiger partial charge in [0.15, 0.2) is 0 Å². The summed E-state index contributed by atoms with van der Waals surface area (Å²) in [6.45, 7) is 4.44. The molecule has 4 aromatic rings. The number of carbonyl (C=O) groups is 1. The second-order valence-corrected chi connectivity index (χ2v) is 8.64. The maximum atomic E-state index is 12.9. The maximum Gasteiger partial charge on any atom is 0.222 e. The van der Waals surface area contributed by atoms with E-state index < -0.39 is 0 Å². The first kappa shape index (κ1) is 20.4. The Kier molecular flexibility index (Phi) is 5.71. The highest BCUT2D eigenvalue weighted by Crippen LogP contribution is 2.39. The number of hydrogen-bond donors (Lipinski definition) is 1. The highest BCUT2D eigenvalue weighted by molar-refractivity contribution is 5.98. The Morgan fingerprint density at radius 1 is 1.19 bits per heavy atom. The number of rotatable bonds is 6. The molecule has 1 aliphatic rings. The topological polar surface area (TPSA) is 79.7 Å². The fourth-order valence-corrected chi connectivity index (χ4v) is 4.80. The van der Waals surface area contributed by atoms with Crippen LogP contribution >= 0.6 is 0 Å². The van der Waals surface area contributed by atoms with Gasteiger partial charge in [0.1, 0.15) is 12.7 Å². The number of pyridine rings is 1. The van der Waals surface area contributed by atoms with Gasteiger partial charge in [0.2, 0.25) is 5.91 Å². The summed E-state index contributed by atoms with van der Waals surface area (Å²) in [5.41, 5.74) is 6.04. The molecule has 3 aromatic heterocycles. The molecule has 1 unspecified atom stereocenters. The molecule has 1 atom stereocenters. The van der Waals surface area contributed by atoms with E-state index in [1.165, 1.54) is 34.1 Å². The summed E-state index contributed by atoms with van der Waals surface area (Å²) in [5.74, 6) is 0.520.